The van der Waals surface area contributed by atoms with Gasteiger partial charge in [-0.25, -0.2) is 9.37 Å². The zero-order valence-electron chi connectivity index (χ0n) is 16.8. The Kier molecular flexibility index (Phi) is 5.26. The number of hydrogen-bond acceptors (Lipinski definition) is 6. The van der Waals surface area contributed by atoms with Gasteiger partial charge in [-0.05, 0) is 31.2 Å². The lowest BCUT2D eigenvalue weighted by Gasteiger charge is -2.38. The molecule has 0 spiro atoms. The van der Waals surface area contributed by atoms with E-state index in [9.17, 15) is 14.0 Å². The zero-order chi connectivity index (χ0) is 21.7. The van der Waals surface area contributed by atoms with Gasteiger partial charge in [-0.3, -0.25) is 24.3 Å². The average molecular weight is 459 g/mol. The molecule has 1 amide bonds. The maximum absolute atomic E-state index is 14.4. The number of ketones is 1. The Hall–Kier alpha value is -2.39. The molecule has 2 aliphatic heterocycles. The van der Waals surface area contributed by atoms with Crippen LogP contribution in [0.3, 0.4) is 0 Å². The Bertz CT molecular complexity index is 1160. The van der Waals surface area contributed by atoms with Gasteiger partial charge in [0.05, 0.1) is 39.2 Å². The van der Waals surface area contributed by atoms with Crippen LogP contribution in [0.2, 0.25) is 5.02 Å². The summed E-state index contributed by atoms with van der Waals surface area (Å²) >= 11 is 7.77. The number of para-hydroxylation sites is 1. The molecule has 1 unspecified atom stereocenters. The molecule has 0 N–H and O–H groups in total. The molecule has 160 valence electrons. The minimum Gasteiger partial charge on any atom is -0.292 e. The third kappa shape index (κ3) is 3.53. The first kappa shape index (κ1) is 20.5. The second kappa shape index (κ2) is 7.94. The monoisotopic (exact) mass is 458 g/mol. The Morgan fingerprint density at radius 1 is 1.13 bits per heavy atom. The van der Waals surface area contributed by atoms with E-state index in [1.807, 2.05) is 18.2 Å². The highest BCUT2D eigenvalue weighted by atomic mass is 35.5. The molecule has 1 fully saturated rings. The van der Waals surface area contributed by atoms with Gasteiger partial charge >= 0.3 is 5.91 Å². The molecule has 31 heavy (non-hydrogen) atoms. The van der Waals surface area contributed by atoms with Gasteiger partial charge in [-0.2, -0.15) is 0 Å². The molecule has 1 aromatic heterocycles. The van der Waals surface area contributed by atoms with Crippen LogP contribution in [0, 0.1) is 5.82 Å². The molecule has 9 heteroatoms. The van der Waals surface area contributed by atoms with Crippen molar-refractivity contribution in [2.75, 3.05) is 37.7 Å². The molecule has 2 aliphatic rings. The van der Waals surface area contributed by atoms with E-state index in [4.69, 9.17) is 16.6 Å². The van der Waals surface area contributed by atoms with E-state index in [0.29, 0.717) is 13.1 Å². The maximum atomic E-state index is 14.4. The van der Waals surface area contributed by atoms with Crippen LogP contribution < -0.4 is 4.90 Å². The third-order valence-corrected chi connectivity index (χ3v) is 7.50. The number of piperazine rings is 1. The summed E-state index contributed by atoms with van der Waals surface area (Å²) in [6.45, 7) is 5.30. The van der Waals surface area contributed by atoms with E-state index >= 15 is 0 Å². The number of carbonyl (C=O) groups excluding carboxylic acids is 2. The van der Waals surface area contributed by atoms with Gasteiger partial charge in [0.25, 0.3) is 5.78 Å². The molecule has 1 atom stereocenters. The second-order valence-corrected chi connectivity index (χ2v) is 9.28. The molecule has 0 bridgehead atoms. The van der Waals surface area contributed by atoms with E-state index in [-0.39, 0.29) is 29.0 Å². The minimum atomic E-state index is -0.748. The van der Waals surface area contributed by atoms with Gasteiger partial charge in [0.2, 0.25) is 0 Å². The van der Waals surface area contributed by atoms with Crippen molar-refractivity contribution in [2.45, 2.75) is 13.0 Å². The standard InChI is InChI=1S/C22H20ClFN4O2S/c1-13(21-25-16-4-2-3-5-17(16)31-21)27-10-8-26(9-11-27)12-28-19-15(24)7-6-14(23)18(19)20(29)22(28)30/h2-7,13H,8-12H2,1H3. The lowest BCUT2D eigenvalue weighted by Crippen LogP contribution is -2.51. The molecular weight excluding hydrogens is 439 g/mol. The number of anilines is 1. The summed E-state index contributed by atoms with van der Waals surface area (Å²) in [6, 6.07) is 10.8. The van der Waals surface area contributed by atoms with Gasteiger partial charge in [0.15, 0.2) is 0 Å². The number of halogens is 2. The number of nitrogens with zero attached hydrogens (tertiary/aromatic N) is 4. The minimum absolute atomic E-state index is 0.00669. The molecule has 5 rings (SSSR count). The highest BCUT2D eigenvalue weighted by Crippen LogP contribution is 2.37. The zero-order valence-corrected chi connectivity index (χ0v) is 18.4. The van der Waals surface area contributed by atoms with Crippen molar-refractivity contribution in [1.82, 2.24) is 14.8 Å². The van der Waals surface area contributed by atoms with Crippen LogP contribution >= 0.6 is 22.9 Å². The van der Waals surface area contributed by atoms with Gasteiger partial charge in [-0.1, -0.05) is 23.7 Å². The maximum Gasteiger partial charge on any atom is 0.300 e. The Labute approximate surface area is 187 Å². The molecule has 0 saturated carbocycles. The van der Waals surface area contributed by atoms with Gasteiger partial charge in [-0.15, -0.1) is 11.3 Å². The molecule has 3 heterocycles. The fourth-order valence-corrected chi connectivity index (χ4v) is 5.50. The Balaban J connectivity index is 1.27. The number of fused-ring (bicyclic) bond motifs is 2. The first-order valence-electron chi connectivity index (χ1n) is 10.1. The highest BCUT2D eigenvalue weighted by molar-refractivity contribution is 7.18. The quantitative estimate of drug-likeness (QED) is 0.554. The van der Waals surface area contributed by atoms with Gasteiger partial charge < -0.3 is 0 Å². The van der Waals surface area contributed by atoms with E-state index < -0.39 is 17.5 Å². The van der Waals surface area contributed by atoms with Crippen molar-refractivity contribution in [1.29, 1.82) is 0 Å². The van der Waals surface area contributed by atoms with Crippen LogP contribution in [0.15, 0.2) is 36.4 Å². The lowest BCUT2D eigenvalue weighted by atomic mass is 10.1. The Morgan fingerprint density at radius 2 is 1.87 bits per heavy atom. The second-order valence-electron chi connectivity index (χ2n) is 7.81. The number of Topliss-reactive ketones (excluding diaryl/α,β-unsaturated/α-hetero) is 1. The fraction of sp³-hybridized carbons (Fsp3) is 0.318. The third-order valence-electron chi connectivity index (χ3n) is 5.98. The lowest BCUT2D eigenvalue weighted by molar-refractivity contribution is -0.114. The van der Waals surface area contributed by atoms with Crippen molar-refractivity contribution in [3.8, 4) is 0 Å². The first-order chi connectivity index (χ1) is 14.9. The van der Waals surface area contributed by atoms with Gasteiger partial charge in [0.1, 0.15) is 10.8 Å². The van der Waals surface area contributed by atoms with Crippen LogP contribution in [-0.2, 0) is 4.79 Å². The summed E-state index contributed by atoms with van der Waals surface area (Å²) in [5, 5.41) is 1.19. The summed E-state index contributed by atoms with van der Waals surface area (Å²) in [4.78, 5) is 35.2. The predicted molar refractivity (Wildman–Crippen MR) is 119 cm³/mol. The molecule has 2 aromatic carbocycles. The topological polar surface area (TPSA) is 56.8 Å². The SMILES string of the molecule is CC(c1nc2ccccc2s1)N1CCN(CN2C(=O)C(=O)c3c(Cl)ccc(F)c32)CC1. The number of amides is 1. The molecule has 0 radical (unpaired) electrons. The molecule has 1 saturated heterocycles. The molecular formula is C22H20ClFN4O2S. The molecule has 3 aromatic rings. The van der Waals surface area contributed by atoms with Crippen LogP contribution in [0.4, 0.5) is 10.1 Å². The summed E-state index contributed by atoms with van der Waals surface area (Å²) in [5.41, 5.74) is 0.979. The molecule has 6 nitrogen and oxygen atoms in total. The first-order valence-corrected chi connectivity index (χ1v) is 11.3. The number of benzene rings is 2. The van der Waals surface area contributed by atoms with E-state index in [0.717, 1.165) is 23.6 Å². The number of rotatable bonds is 4. The Morgan fingerprint density at radius 3 is 2.61 bits per heavy atom. The van der Waals surface area contributed by atoms with Crippen molar-refractivity contribution in [2.24, 2.45) is 0 Å². The van der Waals surface area contributed by atoms with Crippen molar-refractivity contribution >= 4 is 50.5 Å². The average Bonchev–Trinajstić information content (AvgIpc) is 3.32. The van der Waals surface area contributed by atoms with Crippen molar-refractivity contribution < 1.29 is 14.0 Å². The summed E-state index contributed by atoms with van der Waals surface area (Å²) in [7, 11) is 0. The summed E-state index contributed by atoms with van der Waals surface area (Å²) in [6.07, 6.45) is 0. The van der Waals surface area contributed by atoms with Crippen LogP contribution in [0.25, 0.3) is 10.2 Å². The summed E-state index contributed by atoms with van der Waals surface area (Å²) in [5.74, 6) is -2.09. The van der Waals surface area contributed by atoms with Gasteiger partial charge in [0, 0.05) is 26.2 Å². The molecule has 0 aliphatic carbocycles. The van der Waals surface area contributed by atoms with E-state index in [1.165, 1.54) is 21.7 Å². The normalized spacial score (nSPS) is 18.7. The van der Waals surface area contributed by atoms with Crippen LogP contribution in [0.5, 0.6) is 0 Å². The number of aromatic nitrogens is 1. The number of carbonyl (C=O) groups is 2. The predicted octanol–water partition coefficient (Wildman–Crippen LogP) is 3.95. The fourth-order valence-electron chi connectivity index (χ4n) is 4.20. The number of thiazole rings is 1. The van der Waals surface area contributed by atoms with E-state index in [2.05, 4.69) is 22.8 Å². The van der Waals surface area contributed by atoms with Crippen LogP contribution in [-0.4, -0.2) is 59.3 Å². The van der Waals surface area contributed by atoms with Crippen molar-refractivity contribution in [3.63, 3.8) is 0 Å². The number of hydrogen-bond donors (Lipinski definition) is 0. The van der Waals surface area contributed by atoms with Crippen molar-refractivity contribution in [3.05, 3.63) is 57.8 Å². The van der Waals surface area contributed by atoms with Crippen LogP contribution in [0.1, 0.15) is 28.3 Å². The van der Waals surface area contributed by atoms with E-state index in [1.54, 1.807) is 11.3 Å². The smallest absolute Gasteiger partial charge is 0.292 e. The highest BCUT2D eigenvalue weighted by Gasteiger charge is 2.41. The summed E-state index contributed by atoms with van der Waals surface area (Å²) < 4.78 is 15.6. The largest absolute Gasteiger partial charge is 0.300 e.